The Morgan fingerprint density at radius 2 is 1.79 bits per heavy atom. The lowest BCUT2D eigenvalue weighted by Crippen LogP contribution is -2.30. The van der Waals surface area contributed by atoms with Gasteiger partial charge >= 0.3 is 12.6 Å². The molecule has 10 heteroatoms. The summed E-state index contributed by atoms with van der Waals surface area (Å²) >= 11 is 0. The maximum absolute atomic E-state index is 13.6. The first-order valence-corrected chi connectivity index (χ1v) is 8.39. The van der Waals surface area contributed by atoms with E-state index in [9.17, 15) is 27.2 Å². The number of alkyl halides is 2. The van der Waals surface area contributed by atoms with Gasteiger partial charge < -0.3 is 19.5 Å². The maximum Gasteiger partial charge on any atom is 0.387 e. The van der Waals surface area contributed by atoms with E-state index in [-0.39, 0.29) is 29.4 Å². The Balaban J connectivity index is 2.07. The van der Waals surface area contributed by atoms with Gasteiger partial charge in [-0.3, -0.25) is 4.79 Å². The SMILES string of the molecule is CCOc1cc(C(=O)O[C@H](C)C(=O)Nc2ccc(F)cc2F)ccc1OC(F)F. The van der Waals surface area contributed by atoms with Gasteiger partial charge in [0, 0.05) is 6.07 Å². The molecule has 0 aromatic heterocycles. The number of halogens is 4. The van der Waals surface area contributed by atoms with Gasteiger partial charge in [0.15, 0.2) is 17.6 Å². The normalized spacial score (nSPS) is 11.7. The van der Waals surface area contributed by atoms with Crippen LogP contribution in [0, 0.1) is 11.6 Å². The molecule has 0 aliphatic heterocycles. The van der Waals surface area contributed by atoms with E-state index in [1.165, 1.54) is 6.92 Å². The number of hydrogen-bond acceptors (Lipinski definition) is 5. The van der Waals surface area contributed by atoms with E-state index in [0.29, 0.717) is 6.07 Å². The number of benzene rings is 2. The number of carbonyl (C=O) groups is 2. The lowest BCUT2D eigenvalue weighted by atomic mass is 10.2. The van der Waals surface area contributed by atoms with Gasteiger partial charge in [-0.1, -0.05) is 0 Å². The van der Waals surface area contributed by atoms with E-state index in [4.69, 9.17) is 9.47 Å². The second-order valence-electron chi connectivity index (χ2n) is 5.63. The molecule has 156 valence electrons. The Morgan fingerprint density at radius 1 is 1.07 bits per heavy atom. The molecule has 0 unspecified atom stereocenters. The fourth-order valence-corrected chi connectivity index (χ4v) is 2.20. The minimum absolute atomic E-state index is 0.0809. The maximum atomic E-state index is 13.6. The molecule has 0 bridgehead atoms. The molecule has 0 fully saturated rings. The Hall–Kier alpha value is -3.30. The number of carbonyl (C=O) groups excluding carboxylic acids is 2. The largest absolute Gasteiger partial charge is 0.490 e. The van der Waals surface area contributed by atoms with Crippen molar-refractivity contribution in [3.05, 3.63) is 53.6 Å². The molecule has 0 saturated heterocycles. The Morgan fingerprint density at radius 3 is 2.41 bits per heavy atom. The third kappa shape index (κ3) is 6.09. The van der Waals surface area contributed by atoms with Gasteiger partial charge in [-0.2, -0.15) is 8.78 Å². The summed E-state index contributed by atoms with van der Waals surface area (Å²) in [4.78, 5) is 24.3. The Bertz CT molecular complexity index is 891. The number of anilines is 1. The first-order chi connectivity index (χ1) is 13.7. The quantitative estimate of drug-likeness (QED) is 0.518. The molecule has 0 saturated carbocycles. The van der Waals surface area contributed by atoms with Crippen LogP contribution >= 0.6 is 0 Å². The zero-order valence-corrected chi connectivity index (χ0v) is 15.4. The summed E-state index contributed by atoms with van der Waals surface area (Å²) < 4.78 is 65.8. The molecule has 2 aromatic carbocycles. The van der Waals surface area contributed by atoms with Gasteiger partial charge in [-0.05, 0) is 44.2 Å². The van der Waals surface area contributed by atoms with Crippen molar-refractivity contribution in [2.75, 3.05) is 11.9 Å². The fraction of sp³-hybridized carbons (Fsp3) is 0.263. The van der Waals surface area contributed by atoms with Crippen molar-refractivity contribution in [3.63, 3.8) is 0 Å². The summed E-state index contributed by atoms with van der Waals surface area (Å²) in [5, 5.41) is 2.17. The Labute approximate surface area is 163 Å². The van der Waals surface area contributed by atoms with Gasteiger partial charge in [0.2, 0.25) is 0 Å². The summed E-state index contributed by atoms with van der Waals surface area (Å²) in [5.74, 6) is -3.98. The van der Waals surface area contributed by atoms with Crippen LogP contribution < -0.4 is 14.8 Å². The van der Waals surface area contributed by atoms with Crippen LogP contribution in [0.3, 0.4) is 0 Å². The van der Waals surface area contributed by atoms with Crippen LogP contribution in [0.4, 0.5) is 23.2 Å². The average molecular weight is 415 g/mol. The topological polar surface area (TPSA) is 73.9 Å². The molecule has 0 heterocycles. The highest BCUT2D eigenvalue weighted by atomic mass is 19.3. The molecule has 0 spiro atoms. The van der Waals surface area contributed by atoms with Crippen LogP contribution in [0.5, 0.6) is 11.5 Å². The van der Waals surface area contributed by atoms with E-state index >= 15 is 0 Å². The van der Waals surface area contributed by atoms with E-state index < -0.39 is 36.2 Å². The van der Waals surface area contributed by atoms with Gasteiger partial charge in [-0.15, -0.1) is 0 Å². The number of ether oxygens (including phenoxy) is 3. The molecule has 0 radical (unpaired) electrons. The highest BCUT2D eigenvalue weighted by molar-refractivity contribution is 5.97. The zero-order chi connectivity index (χ0) is 21.6. The van der Waals surface area contributed by atoms with Crippen molar-refractivity contribution in [2.45, 2.75) is 26.6 Å². The van der Waals surface area contributed by atoms with Crippen LogP contribution in [0.25, 0.3) is 0 Å². The minimum Gasteiger partial charge on any atom is -0.490 e. The minimum atomic E-state index is -3.08. The van der Waals surface area contributed by atoms with Crippen LogP contribution in [0.15, 0.2) is 36.4 Å². The molecular formula is C19H17F4NO5. The molecule has 29 heavy (non-hydrogen) atoms. The van der Waals surface area contributed by atoms with Gasteiger partial charge in [-0.25, -0.2) is 13.6 Å². The Kier molecular flexibility index (Phi) is 7.40. The summed E-state index contributed by atoms with van der Waals surface area (Å²) in [6.45, 7) is -0.104. The second-order valence-corrected chi connectivity index (χ2v) is 5.63. The molecule has 1 amide bonds. The molecule has 6 nitrogen and oxygen atoms in total. The van der Waals surface area contributed by atoms with E-state index in [2.05, 4.69) is 10.1 Å². The van der Waals surface area contributed by atoms with Gasteiger partial charge in [0.1, 0.15) is 11.6 Å². The van der Waals surface area contributed by atoms with Gasteiger partial charge in [0.05, 0.1) is 17.9 Å². The fourth-order valence-electron chi connectivity index (χ4n) is 2.20. The molecular weight excluding hydrogens is 398 g/mol. The zero-order valence-electron chi connectivity index (χ0n) is 15.4. The molecule has 1 N–H and O–H groups in total. The molecule has 0 aliphatic carbocycles. The number of hydrogen-bond donors (Lipinski definition) is 1. The van der Waals surface area contributed by atoms with Crippen LogP contribution in [0.2, 0.25) is 0 Å². The lowest BCUT2D eigenvalue weighted by molar-refractivity contribution is -0.123. The lowest BCUT2D eigenvalue weighted by Gasteiger charge is -2.15. The van der Waals surface area contributed by atoms with Crippen molar-refractivity contribution in [1.82, 2.24) is 0 Å². The van der Waals surface area contributed by atoms with Crippen molar-refractivity contribution >= 4 is 17.6 Å². The smallest absolute Gasteiger partial charge is 0.387 e. The number of amides is 1. The predicted molar refractivity (Wildman–Crippen MR) is 94.1 cm³/mol. The highest BCUT2D eigenvalue weighted by Crippen LogP contribution is 2.30. The molecule has 2 rings (SSSR count). The number of esters is 1. The van der Waals surface area contributed by atoms with Crippen LogP contribution in [-0.4, -0.2) is 31.2 Å². The van der Waals surface area contributed by atoms with E-state index in [0.717, 1.165) is 30.3 Å². The summed E-state index contributed by atoms with van der Waals surface area (Å²) in [6, 6.07) is 5.96. The predicted octanol–water partition coefficient (Wildman–Crippen LogP) is 4.15. The summed E-state index contributed by atoms with van der Waals surface area (Å²) in [6.07, 6.45) is -1.33. The van der Waals surface area contributed by atoms with E-state index in [1.807, 2.05) is 0 Å². The van der Waals surface area contributed by atoms with Crippen molar-refractivity contribution < 1.29 is 41.4 Å². The summed E-state index contributed by atoms with van der Waals surface area (Å²) in [5.41, 5.74) is -0.367. The highest BCUT2D eigenvalue weighted by Gasteiger charge is 2.22. The number of nitrogens with one attached hydrogen (secondary N) is 1. The molecule has 0 aliphatic rings. The molecule has 2 aromatic rings. The number of rotatable bonds is 8. The first-order valence-electron chi connectivity index (χ1n) is 8.39. The van der Waals surface area contributed by atoms with Crippen LogP contribution in [-0.2, 0) is 9.53 Å². The standard InChI is InChI=1S/C19H17F4NO5/c1-3-27-16-8-11(4-7-15(16)29-19(22)23)18(26)28-10(2)17(25)24-14-6-5-12(20)9-13(14)21/h4-10,19H,3H2,1-2H3,(H,24,25)/t10-/m1/s1. The van der Waals surface area contributed by atoms with Crippen molar-refractivity contribution in [3.8, 4) is 11.5 Å². The van der Waals surface area contributed by atoms with Crippen molar-refractivity contribution in [2.24, 2.45) is 0 Å². The summed E-state index contributed by atoms with van der Waals surface area (Å²) in [7, 11) is 0. The third-order valence-corrected chi connectivity index (χ3v) is 3.54. The molecule has 1 atom stereocenters. The average Bonchev–Trinajstić information content (AvgIpc) is 2.65. The van der Waals surface area contributed by atoms with Crippen molar-refractivity contribution in [1.29, 1.82) is 0 Å². The van der Waals surface area contributed by atoms with Crippen LogP contribution in [0.1, 0.15) is 24.2 Å². The van der Waals surface area contributed by atoms with Gasteiger partial charge in [0.25, 0.3) is 5.91 Å². The third-order valence-electron chi connectivity index (χ3n) is 3.54. The monoisotopic (exact) mass is 415 g/mol. The first kappa shape index (κ1) is 22.0. The van der Waals surface area contributed by atoms with E-state index in [1.54, 1.807) is 6.92 Å². The second kappa shape index (κ2) is 9.76.